The largest absolute Gasteiger partial charge is 0.381 e. The third-order valence-electron chi connectivity index (χ3n) is 5.44. The highest BCUT2D eigenvalue weighted by Gasteiger charge is 2.34. The number of hydrogen-bond acceptors (Lipinski definition) is 5. The smallest absolute Gasteiger partial charge is 0.260 e. The van der Waals surface area contributed by atoms with Crippen LogP contribution in [0.5, 0.6) is 0 Å². The predicted molar refractivity (Wildman–Crippen MR) is 98.2 cm³/mol. The van der Waals surface area contributed by atoms with E-state index in [0.29, 0.717) is 28.6 Å². The molecule has 1 aliphatic carbocycles. The third-order valence-corrected chi connectivity index (χ3v) is 5.44. The van der Waals surface area contributed by atoms with Crippen LogP contribution >= 0.6 is 0 Å². The lowest BCUT2D eigenvalue weighted by Gasteiger charge is -2.41. The van der Waals surface area contributed by atoms with Crippen molar-refractivity contribution in [2.24, 2.45) is 7.05 Å². The molecule has 1 saturated heterocycles. The van der Waals surface area contributed by atoms with Gasteiger partial charge in [0.05, 0.1) is 17.2 Å². The number of benzene rings is 1. The number of carbonyl (C=O) groups excluding carboxylic acids is 1. The van der Waals surface area contributed by atoms with Crippen molar-refractivity contribution in [1.82, 2.24) is 20.2 Å². The Bertz CT molecular complexity index is 873. The normalized spacial score (nSPS) is 23.6. The van der Waals surface area contributed by atoms with E-state index in [1.54, 1.807) is 25.2 Å². The number of ether oxygens (including phenoxy) is 1. The van der Waals surface area contributed by atoms with Crippen LogP contribution in [0.1, 0.15) is 36.0 Å². The third kappa shape index (κ3) is 3.37. The molecule has 2 heterocycles. The molecule has 7 heteroatoms. The van der Waals surface area contributed by atoms with E-state index in [0.717, 1.165) is 38.9 Å². The number of hydrogen-bond donors (Lipinski definition) is 2. The Balaban J connectivity index is 1.42. The fourth-order valence-electron chi connectivity index (χ4n) is 3.64. The number of fused-ring (bicyclic) bond motifs is 1. The Hall–Kier alpha value is -2.25. The number of amides is 1. The number of aromatic nitrogens is 2. The van der Waals surface area contributed by atoms with Gasteiger partial charge in [-0.25, -0.2) is 4.98 Å². The molecule has 2 N–H and O–H groups in total. The van der Waals surface area contributed by atoms with Crippen LogP contribution in [0.25, 0.3) is 10.9 Å². The molecule has 1 aliphatic heterocycles. The van der Waals surface area contributed by atoms with Gasteiger partial charge in [-0.05, 0) is 43.9 Å². The van der Waals surface area contributed by atoms with E-state index >= 15 is 0 Å². The maximum absolute atomic E-state index is 12.6. The highest BCUT2D eigenvalue weighted by atomic mass is 16.5. The summed E-state index contributed by atoms with van der Waals surface area (Å²) in [6.45, 7) is 1.62. The van der Waals surface area contributed by atoms with Crippen molar-refractivity contribution in [2.45, 2.75) is 43.8 Å². The van der Waals surface area contributed by atoms with Crippen LogP contribution < -0.4 is 16.2 Å². The first-order chi connectivity index (χ1) is 12.6. The van der Waals surface area contributed by atoms with Crippen molar-refractivity contribution < 1.29 is 9.53 Å². The SMILES string of the molecule is Cn1cnc2cc(C(=O)N[C@@H]3CC[C@@H]3NC3CCOCC3)ccc2c1=O. The molecule has 0 bridgehead atoms. The highest BCUT2D eigenvalue weighted by Crippen LogP contribution is 2.23. The number of rotatable bonds is 4. The van der Waals surface area contributed by atoms with Gasteiger partial charge in [0, 0.05) is 44.0 Å². The zero-order valence-corrected chi connectivity index (χ0v) is 14.9. The molecular formula is C19H24N4O3. The van der Waals surface area contributed by atoms with Crippen LogP contribution in [-0.2, 0) is 11.8 Å². The molecule has 2 fully saturated rings. The van der Waals surface area contributed by atoms with E-state index in [1.165, 1.54) is 10.9 Å². The van der Waals surface area contributed by atoms with E-state index < -0.39 is 0 Å². The lowest BCUT2D eigenvalue weighted by atomic mass is 9.85. The molecule has 2 atom stereocenters. The Morgan fingerprint density at radius 1 is 1.19 bits per heavy atom. The van der Waals surface area contributed by atoms with Gasteiger partial charge >= 0.3 is 0 Å². The minimum atomic E-state index is -0.113. The van der Waals surface area contributed by atoms with Crippen molar-refractivity contribution in [3.05, 3.63) is 40.4 Å². The topological polar surface area (TPSA) is 85.2 Å². The molecule has 1 aromatic carbocycles. The molecular weight excluding hydrogens is 332 g/mol. The molecule has 0 spiro atoms. The standard InChI is InChI=1S/C19H24N4O3/c1-23-11-20-17-10-12(2-3-14(17)19(23)25)18(24)22-16-5-4-15(16)21-13-6-8-26-9-7-13/h2-3,10-11,13,15-16,21H,4-9H2,1H3,(H,22,24)/t15-,16+/m0/s1. The summed E-state index contributed by atoms with van der Waals surface area (Å²) in [6.07, 6.45) is 5.60. The van der Waals surface area contributed by atoms with Crippen molar-refractivity contribution in [2.75, 3.05) is 13.2 Å². The number of aryl methyl sites for hydroxylation is 1. The Morgan fingerprint density at radius 3 is 2.69 bits per heavy atom. The van der Waals surface area contributed by atoms with Gasteiger partial charge in [0.25, 0.3) is 11.5 Å². The lowest BCUT2D eigenvalue weighted by molar-refractivity contribution is 0.0652. The molecule has 0 unspecified atom stereocenters. The first kappa shape index (κ1) is 17.2. The molecule has 2 aromatic rings. The van der Waals surface area contributed by atoms with E-state index in [-0.39, 0.29) is 17.5 Å². The van der Waals surface area contributed by atoms with E-state index in [4.69, 9.17) is 4.74 Å². The fraction of sp³-hybridized carbons (Fsp3) is 0.526. The van der Waals surface area contributed by atoms with Crippen LogP contribution in [0.4, 0.5) is 0 Å². The minimum Gasteiger partial charge on any atom is -0.381 e. The summed E-state index contributed by atoms with van der Waals surface area (Å²) < 4.78 is 6.83. The zero-order valence-electron chi connectivity index (χ0n) is 14.9. The highest BCUT2D eigenvalue weighted by molar-refractivity contribution is 5.97. The average molecular weight is 356 g/mol. The van der Waals surface area contributed by atoms with Crippen LogP contribution in [-0.4, -0.2) is 46.8 Å². The number of nitrogens with zero attached hydrogens (tertiary/aromatic N) is 2. The van der Waals surface area contributed by atoms with Gasteiger partial charge in [0.15, 0.2) is 0 Å². The van der Waals surface area contributed by atoms with Crippen molar-refractivity contribution in [1.29, 1.82) is 0 Å². The molecule has 2 aliphatic rings. The molecule has 4 rings (SSSR count). The Labute approximate surface area is 151 Å². The van der Waals surface area contributed by atoms with E-state index in [2.05, 4.69) is 15.6 Å². The van der Waals surface area contributed by atoms with E-state index in [1.807, 2.05) is 0 Å². The van der Waals surface area contributed by atoms with Crippen LogP contribution in [0.15, 0.2) is 29.3 Å². The van der Waals surface area contributed by atoms with Crippen molar-refractivity contribution in [3.63, 3.8) is 0 Å². The van der Waals surface area contributed by atoms with Gasteiger partial charge in [-0.3, -0.25) is 9.59 Å². The summed E-state index contributed by atoms with van der Waals surface area (Å²) >= 11 is 0. The molecule has 7 nitrogen and oxygen atoms in total. The summed E-state index contributed by atoms with van der Waals surface area (Å²) in [5.74, 6) is -0.113. The van der Waals surface area contributed by atoms with Gasteiger partial charge in [-0.2, -0.15) is 0 Å². The van der Waals surface area contributed by atoms with Gasteiger partial charge in [-0.1, -0.05) is 0 Å². The van der Waals surface area contributed by atoms with Crippen molar-refractivity contribution >= 4 is 16.8 Å². The van der Waals surface area contributed by atoms with Gasteiger partial charge in [0.1, 0.15) is 0 Å². The van der Waals surface area contributed by atoms with Crippen LogP contribution in [0, 0.1) is 0 Å². The minimum absolute atomic E-state index is 0.110. The van der Waals surface area contributed by atoms with Crippen LogP contribution in [0.3, 0.4) is 0 Å². The molecule has 1 saturated carbocycles. The van der Waals surface area contributed by atoms with E-state index in [9.17, 15) is 9.59 Å². The quantitative estimate of drug-likeness (QED) is 0.852. The molecule has 26 heavy (non-hydrogen) atoms. The summed E-state index contributed by atoms with van der Waals surface area (Å²) in [4.78, 5) is 28.9. The lowest BCUT2D eigenvalue weighted by Crippen LogP contribution is -2.59. The second-order valence-corrected chi connectivity index (χ2v) is 7.21. The molecule has 1 amide bonds. The fourth-order valence-corrected chi connectivity index (χ4v) is 3.64. The summed E-state index contributed by atoms with van der Waals surface area (Å²) in [5, 5.41) is 7.30. The maximum atomic E-state index is 12.6. The van der Waals surface area contributed by atoms with Crippen LogP contribution in [0.2, 0.25) is 0 Å². The molecule has 1 aromatic heterocycles. The Kier molecular flexibility index (Phi) is 4.74. The summed E-state index contributed by atoms with van der Waals surface area (Å²) in [5.41, 5.74) is 0.975. The first-order valence-electron chi connectivity index (χ1n) is 9.22. The second kappa shape index (κ2) is 7.17. The maximum Gasteiger partial charge on any atom is 0.260 e. The molecule has 0 radical (unpaired) electrons. The summed E-state index contributed by atoms with van der Waals surface area (Å²) in [7, 11) is 1.66. The second-order valence-electron chi connectivity index (χ2n) is 7.21. The average Bonchev–Trinajstić information content (AvgIpc) is 2.66. The van der Waals surface area contributed by atoms with Crippen molar-refractivity contribution in [3.8, 4) is 0 Å². The number of nitrogens with one attached hydrogen (secondary N) is 2. The molecule has 138 valence electrons. The predicted octanol–water partition coefficient (Wildman–Crippen LogP) is 0.963. The van der Waals surface area contributed by atoms with Gasteiger partial charge in [0.2, 0.25) is 0 Å². The number of carbonyl (C=O) groups is 1. The Morgan fingerprint density at radius 2 is 1.96 bits per heavy atom. The van der Waals surface area contributed by atoms with Gasteiger partial charge in [-0.15, -0.1) is 0 Å². The van der Waals surface area contributed by atoms with Gasteiger partial charge < -0.3 is 19.9 Å². The zero-order chi connectivity index (χ0) is 18.1. The first-order valence-corrected chi connectivity index (χ1v) is 9.22. The summed E-state index contributed by atoms with van der Waals surface area (Å²) in [6, 6.07) is 6.02. The monoisotopic (exact) mass is 356 g/mol.